The molecule has 6 heteroatoms. The first-order chi connectivity index (χ1) is 13.3. The molecule has 1 unspecified atom stereocenters. The lowest BCUT2D eigenvalue weighted by Gasteiger charge is -2.20. The molecule has 1 atom stereocenters. The van der Waals surface area contributed by atoms with E-state index >= 15 is 0 Å². The summed E-state index contributed by atoms with van der Waals surface area (Å²) in [6.07, 6.45) is 2.69. The van der Waals surface area contributed by atoms with Crippen LogP contribution in [0.5, 0.6) is 0 Å². The minimum Gasteiger partial charge on any atom is -0.346 e. The quantitative estimate of drug-likeness (QED) is 0.680. The summed E-state index contributed by atoms with van der Waals surface area (Å²) in [5.41, 5.74) is 3.88. The number of aryl methyl sites for hydroxylation is 3. The number of nitrogens with zero attached hydrogens (tertiary/aromatic N) is 2. The molecule has 0 radical (unpaired) electrons. The molecule has 0 spiro atoms. The summed E-state index contributed by atoms with van der Waals surface area (Å²) in [5.74, 6) is 0. The van der Waals surface area contributed by atoms with Crippen molar-refractivity contribution in [1.29, 1.82) is 5.26 Å². The van der Waals surface area contributed by atoms with Crippen LogP contribution in [-0.2, 0) is 16.6 Å². The van der Waals surface area contributed by atoms with Crippen LogP contribution in [-0.4, -0.2) is 19.0 Å². The van der Waals surface area contributed by atoms with Crippen molar-refractivity contribution in [3.05, 3.63) is 64.8 Å². The molecule has 0 bridgehead atoms. The fraction of sp³-hybridized carbons (Fsp3) is 0.318. The maximum atomic E-state index is 13.1. The molecule has 1 N–H and O–H groups in total. The highest BCUT2D eigenvalue weighted by molar-refractivity contribution is 7.89. The van der Waals surface area contributed by atoms with E-state index in [0.29, 0.717) is 18.5 Å². The Morgan fingerprint density at radius 1 is 1.14 bits per heavy atom. The van der Waals surface area contributed by atoms with Gasteiger partial charge in [-0.25, -0.2) is 13.1 Å². The summed E-state index contributed by atoms with van der Waals surface area (Å²) in [4.78, 5) is 0.0765. The molecule has 0 aliphatic carbocycles. The first-order valence-electron chi connectivity index (χ1n) is 9.35. The van der Waals surface area contributed by atoms with Gasteiger partial charge < -0.3 is 4.57 Å². The average Bonchev–Trinajstić information content (AvgIpc) is 2.96. The lowest BCUT2D eigenvalue weighted by atomic mass is 10.1. The zero-order valence-corrected chi connectivity index (χ0v) is 17.5. The van der Waals surface area contributed by atoms with E-state index in [9.17, 15) is 13.7 Å². The second kappa shape index (κ2) is 7.78. The summed E-state index contributed by atoms with van der Waals surface area (Å²) in [6, 6.07) is 13.3. The van der Waals surface area contributed by atoms with Crippen molar-refractivity contribution in [1.82, 2.24) is 9.29 Å². The van der Waals surface area contributed by atoms with Gasteiger partial charge in [-0.05, 0) is 56.0 Å². The predicted octanol–water partition coefficient (Wildman–Crippen LogP) is 4.20. The third kappa shape index (κ3) is 3.82. The normalized spacial score (nSPS) is 12.8. The van der Waals surface area contributed by atoms with Gasteiger partial charge in [0.1, 0.15) is 11.0 Å². The van der Waals surface area contributed by atoms with E-state index in [1.54, 1.807) is 19.1 Å². The van der Waals surface area contributed by atoms with Gasteiger partial charge in [0.25, 0.3) is 0 Å². The summed E-state index contributed by atoms with van der Waals surface area (Å²) in [6.45, 7) is 8.12. The predicted molar refractivity (Wildman–Crippen MR) is 112 cm³/mol. The molecule has 0 fully saturated rings. The molecule has 3 aromatic rings. The molecule has 5 nitrogen and oxygen atoms in total. The van der Waals surface area contributed by atoms with Gasteiger partial charge in [0.15, 0.2) is 0 Å². The van der Waals surface area contributed by atoms with Crippen LogP contribution in [0, 0.1) is 32.1 Å². The molecule has 28 heavy (non-hydrogen) atoms. The number of rotatable bonds is 6. The summed E-state index contributed by atoms with van der Waals surface area (Å²) in [5, 5.41) is 10.6. The standard InChI is InChI=1S/C22H25N3O2S/c1-5-19(14-25-13-17(4)20-8-6-7-9-21(20)25)24-28(26,27)22-16(3)10-15(2)11-18(22)12-23/h6-11,13,19,24H,5,14H2,1-4H3. The van der Waals surface area contributed by atoms with Gasteiger partial charge in [0.05, 0.1) is 5.56 Å². The molecule has 146 valence electrons. The van der Waals surface area contributed by atoms with Gasteiger partial charge in [0, 0.05) is 29.7 Å². The number of nitriles is 1. The Balaban J connectivity index is 1.94. The van der Waals surface area contributed by atoms with E-state index in [1.807, 2.05) is 38.1 Å². The third-order valence-corrected chi connectivity index (χ3v) is 6.75. The number of benzene rings is 2. The smallest absolute Gasteiger partial charge is 0.242 e. The van der Waals surface area contributed by atoms with E-state index in [2.05, 4.69) is 28.5 Å². The average molecular weight is 396 g/mol. The molecule has 1 heterocycles. The van der Waals surface area contributed by atoms with Crippen molar-refractivity contribution in [3.63, 3.8) is 0 Å². The number of sulfonamides is 1. The largest absolute Gasteiger partial charge is 0.346 e. The topological polar surface area (TPSA) is 74.9 Å². The van der Waals surface area contributed by atoms with Gasteiger partial charge in [-0.1, -0.05) is 31.2 Å². The molecular weight excluding hydrogens is 370 g/mol. The van der Waals surface area contributed by atoms with E-state index in [1.165, 1.54) is 5.39 Å². The maximum Gasteiger partial charge on any atom is 0.242 e. The van der Waals surface area contributed by atoms with E-state index in [-0.39, 0.29) is 16.5 Å². The Bertz CT molecular complexity index is 1170. The molecule has 0 aliphatic heterocycles. The van der Waals surface area contributed by atoms with Crippen LogP contribution >= 0.6 is 0 Å². The molecule has 3 rings (SSSR count). The van der Waals surface area contributed by atoms with Gasteiger partial charge in [0.2, 0.25) is 10.0 Å². The second-order valence-electron chi connectivity index (χ2n) is 7.28. The highest BCUT2D eigenvalue weighted by Crippen LogP contribution is 2.24. The van der Waals surface area contributed by atoms with Crippen molar-refractivity contribution in [2.45, 2.75) is 51.6 Å². The minimum absolute atomic E-state index is 0.0765. The first kappa shape index (κ1) is 20.1. The van der Waals surface area contributed by atoms with Crippen LogP contribution in [0.15, 0.2) is 47.5 Å². The molecule has 2 aromatic carbocycles. The van der Waals surface area contributed by atoms with Crippen LogP contribution < -0.4 is 4.72 Å². The van der Waals surface area contributed by atoms with E-state index < -0.39 is 10.0 Å². The summed E-state index contributed by atoms with van der Waals surface area (Å²) >= 11 is 0. The highest BCUT2D eigenvalue weighted by atomic mass is 32.2. The third-order valence-electron chi connectivity index (χ3n) is 5.03. The fourth-order valence-electron chi connectivity index (χ4n) is 3.74. The van der Waals surface area contributed by atoms with Gasteiger partial charge in [-0.2, -0.15) is 5.26 Å². The maximum absolute atomic E-state index is 13.1. The number of hydrogen-bond donors (Lipinski definition) is 1. The molecule has 1 aromatic heterocycles. The Labute approximate surface area is 166 Å². The van der Waals surface area contributed by atoms with Crippen molar-refractivity contribution in [2.75, 3.05) is 0 Å². The SMILES string of the molecule is CCC(Cn1cc(C)c2ccccc21)NS(=O)(=O)c1c(C)cc(C)cc1C#N. The van der Waals surface area contributed by atoms with Crippen molar-refractivity contribution >= 4 is 20.9 Å². The van der Waals surface area contributed by atoms with Crippen LogP contribution in [0.4, 0.5) is 0 Å². The summed E-state index contributed by atoms with van der Waals surface area (Å²) < 4.78 is 31.1. The number of hydrogen-bond acceptors (Lipinski definition) is 3. The highest BCUT2D eigenvalue weighted by Gasteiger charge is 2.25. The Morgan fingerprint density at radius 3 is 2.54 bits per heavy atom. The van der Waals surface area contributed by atoms with Crippen LogP contribution in [0.1, 0.15) is 35.6 Å². The number of nitrogens with one attached hydrogen (secondary N) is 1. The monoisotopic (exact) mass is 395 g/mol. The number of aromatic nitrogens is 1. The first-order valence-corrected chi connectivity index (χ1v) is 10.8. The number of fused-ring (bicyclic) bond motifs is 1. The Morgan fingerprint density at radius 2 is 1.86 bits per heavy atom. The van der Waals surface area contributed by atoms with Crippen molar-refractivity contribution < 1.29 is 8.42 Å². The molecule has 0 amide bonds. The molecule has 0 saturated carbocycles. The van der Waals surface area contributed by atoms with Gasteiger partial charge >= 0.3 is 0 Å². The Kier molecular flexibility index (Phi) is 5.59. The van der Waals surface area contributed by atoms with Crippen molar-refractivity contribution in [2.24, 2.45) is 0 Å². The molecule has 0 aliphatic rings. The van der Waals surface area contributed by atoms with Gasteiger partial charge in [-0.15, -0.1) is 0 Å². The van der Waals surface area contributed by atoms with Crippen molar-refractivity contribution in [3.8, 4) is 6.07 Å². The zero-order valence-electron chi connectivity index (χ0n) is 16.7. The van der Waals surface area contributed by atoms with E-state index in [4.69, 9.17) is 0 Å². The van der Waals surface area contributed by atoms with Crippen LogP contribution in [0.3, 0.4) is 0 Å². The molecule has 0 saturated heterocycles. The lowest BCUT2D eigenvalue weighted by Crippen LogP contribution is -2.38. The number of para-hydroxylation sites is 1. The van der Waals surface area contributed by atoms with Crippen LogP contribution in [0.2, 0.25) is 0 Å². The minimum atomic E-state index is -3.81. The fourth-order valence-corrected chi connectivity index (χ4v) is 5.42. The second-order valence-corrected chi connectivity index (χ2v) is 8.93. The molecular formula is C22H25N3O2S. The lowest BCUT2D eigenvalue weighted by molar-refractivity contribution is 0.491. The van der Waals surface area contributed by atoms with Gasteiger partial charge in [-0.3, -0.25) is 0 Å². The summed E-state index contributed by atoms with van der Waals surface area (Å²) in [7, 11) is -3.81. The van der Waals surface area contributed by atoms with Crippen LogP contribution in [0.25, 0.3) is 10.9 Å². The van der Waals surface area contributed by atoms with E-state index in [0.717, 1.165) is 16.6 Å². The zero-order chi connectivity index (χ0) is 20.5. The Hall–Kier alpha value is -2.62.